The van der Waals surface area contributed by atoms with Crippen LogP contribution in [0.15, 0.2) is 53.1 Å². The van der Waals surface area contributed by atoms with Crippen molar-refractivity contribution < 1.29 is 18.7 Å². The summed E-state index contributed by atoms with van der Waals surface area (Å²) in [5.41, 5.74) is 3.14. The summed E-state index contributed by atoms with van der Waals surface area (Å²) >= 11 is 0. The van der Waals surface area contributed by atoms with E-state index < -0.39 is 12.1 Å². The van der Waals surface area contributed by atoms with E-state index in [2.05, 4.69) is 10.4 Å². The number of hydrogen-bond donors (Lipinski definition) is 1. The second-order valence-corrected chi connectivity index (χ2v) is 6.23. The molecule has 0 unspecified atom stereocenters. The van der Waals surface area contributed by atoms with Crippen LogP contribution in [0.5, 0.6) is 0 Å². The van der Waals surface area contributed by atoms with Gasteiger partial charge in [-0.2, -0.15) is 5.10 Å². The van der Waals surface area contributed by atoms with Crippen LogP contribution >= 0.6 is 0 Å². The van der Waals surface area contributed by atoms with E-state index >= 15 is 0 Å². The van der Waals surface area contributed by atoms with E-state index in [1.807, 2.05) is 19.9 Å². The van der Waals surface area contributed by atoms with Crippen LogP contribution in [-0.4, -0.2) is 27.8 Å². The quantitative estimate of drug-likeness (QED) is 0.677. The van der Waals surface area contributed by atoms with E-state index in [1.165, 1.54) is 13.2 Å². The van der Waals surface area contributed by atoms with Gasteiger partial charge >= 0.3 is 5.97 Å². The molecule has 0 fully saturated rings. The Labute approximate surface area is 156 Å². The summed E-state index contributed by atoms with van der Waals surface area (Å²) in [5, 5.41) is 7.07. The molecule has 0 bridgehead atoms. The average molecular weight is 367 g/mol. The standard InChI is InChI=1S/C20H21N3O4/c1-13-11-14(2)23(22-13)17-8-6-16(7-9-17)20(25)27-15(3)19(24)21-12-18-5-4-10-26-18/h4-11,15H,12H2,1-3H3,(H,21,24)/t15-/m1/s1. The predicted molar refractivity (Wildman–Crippen MR) is 98.5 cm³/mol. The second kappa shape index (κ2) is 7.90. The highest BCUT2D eigenvalue weighted by atomic mass is 16.5. The zero-order valence-corrected chi connectivity index (χ0v) is 15.4. The van der Waals surface area contributed by atoms with Crippen LogP contribution in [0.4, 0.5) is 0 Å². The van der Waals surface area contributed by atoms with Crippen molar-refractivity contribution in [3.8, 4) is 5.69 Å². The van der Waals surface area contributed by atoms with E-state index in [4.69, 9.17) is 9.15 Å². The van der Waals surface area contributed by atoms with Crippen LogP contribution in [0.2, 0.25) is 0 Å². The summed E-state index contributed by atoms with van der Waals surface area (Å²) in [6, 6.07) is 12.4. The Morgan fingerprint density at radius 1 is 1.22 bits per heavy atom. The largest absolute Gasteiger partial charge is 0.467 e. The van der Waals surface area contributed by atoms with Crippen LogP contribution in [0.25, 0.3) is 5.69 Å². The number of benzene rings is 1. The van der Waals surface area contributed by atoms with Crippen LogP contribution < -0.4 is 5.32 Å². The molecule has 7 heteroatoms. The molecule has 0 aliphatic heterocycles. The van der Waals surface area contributed by atoms with Crippen molar-refractivity contribution in [2.75, 3.05) is 0 Å². The van der Waals surface area contributed by atoms with Gasteiger partial charge in [0.1, 0.15) is 5.76 Å². The highest BCUT2D eigenvalue weighted by Gasteiger charge is 2.19. The number of aryl methyl sites for hydroxylation is 2. The monoisotopic (exact) mass is 367 g/mol. The Hall–Kier alpha value is -3.35. The van der Waals surface area contributed by atoms with Gasteiger partial charge in [0.05, 0.1) is 29.8 Å². The molecular formula is C20H21N3O4. The first kappa shape index (κ1) is 18.4. The van der Waals surface area contributed by atoms with Crippen molar-refractivity contribution in [1.82, 2.24) is 15.1 Å². The van der Waals surface area contributed by atoms with Crippen molar-refractivity contribution >= 4 is 11.9 Å². The van der Waals surface area contributed by atoms with Crippen LogP contribution in [0.3, 0.4) is 0 Å². The maximum Gasteiger partial charge on any atom is 0.338 e. The van der Waals surface area contributed by atoms with Crippen LogP contribution in [0, 0.1) is 13.8 Å². The number of furan rings is 1. The number of aromatic nitrogens is 2. The smallest absolute Gasteiger partial charge is 0.338 e. The number of hydrogen-bond acceptors (Lipinski definition) is 5. The van der Waals surface area contributed by atoms with Crippen LogP contribution in [-0.2, 0) is 16.1 Å². The number of carbonyl (C=O) groups excluding carboxylic acids is 2. The maximum absolute atomic E-state index is 12.3. The number of nitrogens with one attached hydrogen (secondary N) is 1. The molecule has 0 spiro atoms. The summed E-state index contributed by atoms with van der Waals surface area (Å²) in [6.45, 7) is 5.66. The molecule has 0 radical (unpaired) electrons. The molecule has 1 atom stereocenters. The highest BCUT2D eigenvalue weighted by molar-refractivity contribution is 5.92. The molecule has 0 saturated carbocycles. The lowest BCUT2D eigenvalue weighted by atomic mass is 10.2. The number of amides is 1. The van der Waals surface area contributed by atoms with Gasteiger partial charge in [0.25, 0.3) is 5.91 Å². The topological polar surface area (TPSA) is 86.4 Å². The fraction of sp³-hybridized carbons (Fsp3) is 0.250. The Kier molecular flexibility index (Phi) is 5.40. The van der Waals surface area contributed by atoms with Gasteiger partial charge in [-0.3, -0.25) is 4.79 Å². The lowest BCUT2D eigenvalue weighted by Crippen LogP contribution is -2.35. The molecule has 2 heterocycles. The maximum atomic E-state index is 12.3. The number of ether oxygens (including phenoxy) is 1. The van der Waals surface area contributed by atoms with E-state index in [0.717, 1.165) is 17.1 Å². The van der Waals surface area contributed by atoms with Gasteiger partial charge in [0, 0.05) is 5.69 Å². The third kappa shape index (κ3) is 4.44. The Morgan fingerprint density at radius 3 is 2.56 bits per heavy atom. The fourth-order valence-corrected chi connectivity index (χ4v) is 2.64. The summed E-state index contributed by atoms with van der Waals surface area (Å²) < 4.78 is 12.2. The predicted octanol–water partition coefficient (Wildman–Crippen LogP) is 2.94. The third-order valence-corrected chi connectivity index (χ3v) is 4.03. The van der Waals surface area contributed by atoms with Crippen molar-refractivity contribution in [1.29, 1.82) is 0 Å². The highest BCUT2D eigenvalue weighted by Crippen LogP contribution is 2.14. The molecule has 1 N–H and O–H groups in total. The Bertz CT molecular complexity index is 927. The van der Waals surface area contributed by atoms with E-state index in [-0.39, 0.29) is 12.5 Å². The minimum Gasteiger partial charge on any atom is -0.467 e. The average Bonchev–Trinajstić information content (AvgIpc) is 3.28. The van der Waals surface area contributed by atoms with Gasteiger partial charge < -0.3 is 14.5 Å². The van der Waals surface area contributed by atoms with Gasteiger partial charge in [-0.15, -0.1) is 0 Å². The third-order valence-electron chi connectivity index (χ3n) is 4.03. The molecule has 140 valence electrons. The van der Waals surface area contributed by atoms with Crippen molar-refractivity contribution in [3.05, 3.63) is 71.4 Å². The van der Waals surface area contributed by atoms with Crippen molar-refractivity contribution in [2.45, 2.75) is 33.4 Å². The summed E-state index contributed by atoms with van der Waals surface area (Å²) in [6.07, 6.45) is 0.615. The first-order valence-electron chi connectivity index (χ1n) is 8.59. The molecule has 3 rings (SSSR count). The minimum absolute atomic E-state index is 0.241. The Balaban J connectivity index is 1.58. The summed E-state index contributed by atoms with van der Waals surface area (Å²) in [5.74, 6) is -0.323. The van der Waals surface area contributed by atoms with Gasteiger partial charge in [0.15, 0.2) is 6.10 Å². The van der Waals surface area contributed by atoms with Crippen molar-refractivity contribution in [3.63, 3.8) is 0 Å². The van der Waals surface area contributed by atoms with Gasteiger partial charge in [0.2, 0.25) is 0 Å². The molecule has 7 nitrogen and oxygen atoms in total. The molecule has 0 saturated heterocycles. The van der Waals surface area contributed by atoms with Crippen LogP contribution in [0.1, 0.15) is 34.4 Å². The summed E-state index contributed by atoms with van der Waals surface area (Å²) in [7, 11) is 0. The molecule has 3 aromatic rings. The number of carbonyl (C=O) groups is 2. The molecule has 1 amide bonds. The normalized spacial score (nSPS) is 11.8. The van der Waals surface area contributed by atoms with Gasteiger partial charge in [-0.05, 0) is 63.2 Å². The first-order chi connectivity index (χ1) is 12.9. The molecule has 1 aromatic carbocycles. The molecule has 0 aliphatic carbocycles. The number of nitrogens with zero attached hydrogens (tertiary/aromatic N) is 2. The number of rotatable bonds is 6. The van der Waals surface area contributed by atoms with E-state index in [0.29, 0.717) is 11.3 Å². The lowest BCUT2D eigenvalue weighted by Gasteiger charge is -2.13. The summed E-state index contributed by atoms with van der Waals surface area (Å²) in [4.78, 5) is 24.3. The zero-order valence-electron chi connectivity index (χ0n) is 15.4. The first-order valence-corrected chi connectivity index (χ1v) is 8.59. The molecule has 27 heavy (non-hydrogen) atoms. The molecular weight excluding hydrogens is 346 g/mol. The molecule has 2 aromatic heterocycles. The second-order valence-electron chi connectivity index (χ2n) is 6.23. The number of esters is 1. The van der Waals surface area contributed by atoms with E-state index in [1.54, 1.807) is 41.1 Å². The lowest BCUT2D eigenvalue weighted by molar-refractivity contribution is -0.129. The fourth-order valence-electron chi connectivity index (χ4n) is 2.64. The van der Waals surface area contributed by atoms with Gasteiger partial charge in [-0.25, -0.2) is 9.48 Å². The van der Waals surface area contributed by atoms with Gasteiger partial charge in [-0.1, -0.05) is 0 Å². The molecule has 0 aliphatic rings. The zero-order chi connectivity index (χ0) is 19.4. The minimum atomic E-state index is -0.914. The Morgan fingerprint density at radius 2 is 1.96 bits per heavy atom. The van der Waals surface area contributed by atoms with E-state index in [9.17, 15) is 9.59 Å². The SMILES string of the molecule is Cc1cc(C)n(-c2ccc(C(=O)O[C@H](C)C(=O)NCc3ccco3)cc2)n1. The van der Waals surface area contributed by atoms with Crippen molar-refractivity contribution in [2.24, 2.45) is 0 Å².